The molecule has 39 heteroatoms. The number of carbonyl (C=O) groups is 5. The van der Waals surface area contributed by atoms with Crippen LogP contribution in [-0.4, -0.2) is 280 Å². The van der Waals surface area contributed by atoms with Crippen LogP contribution in [0.1, 0.15) is 37.7 Å². The molecule has 4 heterocycles. The van der Waals surface area contributed by atoms with Crippen molar-refractivity contribution in [3.8, 4) is 35.1 Å². The number of methoxy groups -OCH3 is 13. The van der Waals surface area contributed by atoms with E-state index in [1.165, 1.54) is 66.5 Å². The zero-order chi connectivity index (χ0) is 82.8. The number of hydrogen-bond acceptors (Lipinski definition) is 33. The van der Waals surface area contributed by atoms with E-state index in [-0.39, 0.29) is 64.5 Å². The number of carboxylic acid groups (broad SMARTS) is 1. The minimum Gasteiger partial charge on any atom is -0.480 e. The molecule has 2 aliphatic heterocycles. The van der Waals surface area contributed by atoms with Crippen molar-refractivity contribution in [1.82, 2.24) is 51.0 Å². The van der Waals surface area contributed by atoms with Crippen molar-refractivity contribution in [2.45, 2.75) is 60.5 Å². The lowest BCUT2D eigenvalue weighted by molar-refractivity contribution is -0.142. The van der Waals surface area contributed by atoms with Crippen LogP contribution in [0.4, 0.5) is 4.79 Å². The van der Waals surface area contributed by atoms with Gasteiger partial charge >= 0.3 is 12.1 Å². The number of Topliss-reactive ketones (excluding diaryl/α,β-unsaturated/α-hetero) is 1. The third-order valence-electron chi connectivity index (χ3n) is 12.1. The maximum Gasteiger partial charge on any atom is 0.408 e. The van der Waals surface area contributed by atoms with Crippen LogP contribution in [0, 0.1) is 37.0 Å². The number of imide groups is 1. The number of hydrogen-bond donors (Lipinski definition) is 5. The molecule has 8 rings (SSSR count). The zero-order valence-corrected chi connectivity index (χ0v) is 68.1. The number of nitrogens with zero attached hydrogens (tertiary/aromatic N) is 12. The van der Waals surface area contributed by atoms with Crippen LogP contribution in [0.3, 0.4) is 0 Å². The Morgan fingerprint density at radius 1 is 0.685 bits per heavy atom. The Kier molecular flexibility index (Phi) is 76.0. The molecule has 4 aromatic rings. The van der Waals surface area contributed by atoms with Crippen LogP contribution in [0.5, 0.6) is 0 Å². The highest BCUT2D eigenvalue weighted by Gasteiger charge is 2.40. The quantitative estimate of drug-likeness (QED) is 0.00380. The summed E-state index contributed by atoms with van der Waals surface area (Å²) in [6.07, 6.45) is 10.2. The number of aromatic nitrogens is 8. The van der Waals surface area contributed by atoms with Gasteiger partial charge in [0, 0.05) is 138 Å². The number of ketones is 1. The molecular formula is C69H117N15O22SSi. The fourth-order valence-corrected chi connectivity index (χ4v) is 9.79. The van der Waals surface area contributed by atoms with Gasteiger partial charge in [-0.25, -0.2) is 9.59 Å². The Labute approximate surface area is 642 Å². The first kappa shape index (κ1) is 108. The standard InChI is InChI=1S/C11H12N4O.C10H10N4O.C9H18OSi.C8H13NO3.C6H7NO3.C5H10O2.C4H8O2.C4H6O.C3H9NO2.C3H6O3.C2H5N3O.C2H7NO.C2H6OS/c1-8-12-14-11(15-13-8)10-5-3-9(4-6-10)7-16-2;1-15-6-8-2-4-9(5-3-8)10-13-11-7-12-14-10;1-7-8(6-10-2)9(7)11(3,4)5;1-6-3-7(6)4-12-8(10)9-5-11-2;1-10-4-7-5(8)2-3-6(7)9;1-6-2-5-3-7-4-5;1-4(5)3-6-2;1-3-4-5-2;1-5-3-6-2-4;1-6-2-3(4)5;1-6-2-4-5-3;1-4-2-3;1-3-2-4/h3-6H,7H2,1-2H3;2-5,7H,6H2,1H3;8H,6H2,1-5H3;3,7H,4-5H2,1-2H3,(H,9,10);2-3H,4H2,1H3;5H,2-4H2,1H3;3H2,1-2H3;1H,4H2,2H3;2-4H2,1H3;2H2,1H3,(H,4,5);2H2,1H3;2-3H2,1H3;4H,2H2,1H3. The summed E-state index contributed by atoms with van der Waals surface area (Å²) in [6.45, 7) is 21.6. The normalized spacial score (nSPS) is 13.3. The summed E-state index contributed by atoms with van der Waals surface area (Å²) >= 11 is 3.70. The van der Waals surface area contributed by atoms with E-state index in [4.69, 9.17) is 56.9 Å². The first-order valence-corrected chi connectivity index (χ1v) is 36.6. The van der Waals surface area contributed by atoms with Gasteiger partial charge in [0.15, 0.2) is 17.9 Å². The summed E-state index contributed by atoms with van der Waals surface area (Å²) in [4.78, 5) is 55.1. The first-order valence-electron chi connectivity index (χ1n) is 32.5. The fraction of sp³-hybridized carbons (Fsp3) is 0.580. The summed E-state index contributed by atoms with van der Waals surface area (Å²) < 4.78 is 74.3. The summed E-state index contributed by atoms with van der Waals surface area (Å²) in [7, 11) is 19.4. The number of alkyl carbamates (subject to hydrolysis) is 1. The Morgan fingerprint density at radius 2 is 1.19 bits per heavy atom. The highest BCUT2D eigenvalue weighted by Crippen LogP contribution is 2.44. The van der Waals surface area contributed by atoms with Crippen molar-refractivity contribution in [3.63, 3.8) is 0 Å². The molecule has 3 amide bonds. The predicted octanol–water partition coefficient (Wildman–Crippen LogP) is 6.31. The van der Waals surface area contributed by atoms with Crippen molar-refractivity contribution >= 4 is 50.4 Å². The van der Waals surface area contributed by atoms with Gasteiger partial charge in [-0.05, 0) is 44.4 Å². The fourth-order valence-electron chi connectivity index (χ4n) is 7.15. The third kappa shape index (κ3) is 65.0. The van der Waals surface area contributed by atoms with Gasteiger partial charge in [-0.1, -0.05) is 102 Å². The van der Waals surface area contributed by atoms with Crippen LogP contribution in [0.25, 0.3) is 33.2 Å². The zero-order valence-electron chi connectivity index (χ0n) is 66.2. The Morgan fingerprint density at radius 3 is 1.45 bits per heavy atom. The summed E-state index contributed by atoms with van der Waals surface area (Å²) in [6, 6.07) is 15.6. The summed E-state index contributed by atoms with van der Waals surface area (Å²) in [5.74, 6) is 4.73. The number of benzene rings is 2. The lowest BCUT2D eigenvalue weighted by Crippen LogP contribution is -2.31. The molecule has 37 nitrogen and oxygen atoms in total. The van der Waals surface area contributed by atoms with Gasteiger partial charge in [0.25, 0.3) is 11.8 Å². The minimum absolute atomic E-state index is 0.0324. The van der Waals surface area contributed by atoms with Gasteiger partial charge in [0.2, 0.25) is 11.6 Å². The van der Waals surface area contributed by atoms with Crippen LogP contribution < -0.4 is 16.8 Å². The molecule has 610 valence electrons. The van der Waals surface area contributed by atoms with Crippen LogP contribution in [0.15, 0.2) is 94.5 Å². The highest BCUT2D eigenvalue weighted by molar-refractivity contribution is 7.80. The third-order valence-corrected chi connectivity index (χ3v) is 14.7. The average Bonchev–Trinajstić information content (AvgIpc) is 1.61. The molecule has 108 heavy (non-hydrogen) atoms. The lowest BCUT2D eigenvalue weighted by atomic mass is 10.1. The lowest BCUT2D eigenvalue weighted by Gasteiger charge is -2.24. The molecule has 0 bridgehead atoms. The number of terminal acetylenes is 1. The summed E-state index contributed by atoms with van der Waals surface area (Å²) in [5, 5.41) is 45.7. The van der Waals surface area contributed by atoms with E-state index in [9.17, 15) is 24.0 Å². The molecular weight excluding hydrogens is 1450 g/mol. The van der Waals surface area contributed by atoms with E-state index >= 15 is 0 Å². The summed E-state index contributed by atoms with van der Waals surface area (Å²) in [5.41, 5.74) is 24.2. The van der Waals surface area contributed by atoms with E-state index in [0.29, 0.717) is 74.3 Å². The van der Waals surface area contributed by atoms with E-state index in [1.54, 1.807) is 74.6 Å². The molecule has 2 aromatic carbocycles. The number of azide groups is 1. The van der Waals surface area contributed by atoms with Crippen molar-refractivity contribution in [2.24, 2.45) is 34.3 Å². The highest BCUT2D eigenvalue weighted by atomic mass is 32.1. The molecule has 0 radical (unpaired) electrons. The maximum atomic E-state index is 10.8. The maximum absolute atomic E-state index is 10.8. The van der Waals surface area contributed by atoms with Gasteiger partial charge in [-0.15, -0.1) is 47.2 Å². The van der Waals surface area contributed by atoms with E-state index in [0.717, 1.165) is 53.6 Å². The Hall–Kier alpha value is -8.15. The average molecular weight is 1570 g/mol. The van der Waals surface area contributed by atoms with Crippen molar-refractivity contribution in [1.29, 1.82) is 0 Å². The minimum atomic E-state index is -0.987. The van der Waals surface area contributed by atoms with Gasteiger partial charge in [-0.3, -0.25) is 24.6 Å². The van der Waals surface area contributed by atoms with Crippen LogP contribution in [0.2, 0.25) is 19.6 Å². The van der Waals surface area contributed by atoms with E-state index in [2.05, 4.69) is 155 Å². The van der Waals surface area contributed by atoms with Gasteiger partial charge in [-0.2, -0.15) is 12.6 Å². The van der Waals surface area contributed by atoms with Crippen molar-refractivity contribution < 1.29 is 105 Å². The molecule has 4 aliphatic rings. The smallest absolute Gasteiger partial charge is 0.408 e. The Bertz CT molecular complexity index is 3030. The molecule has 2 unspecified atom stereocenters. The number of amides is 3. The van der Waals surface area contributed by atoms with Crippen LogP contribution in [-0.2, 0) is 108 Å². The predicted molar refractivity (Wildman–Crippen MR) is 409 cm³/mol. The monoisotopic (exact) mass is 1570 g/mol. The number of nitrogens with two attached hydrogens (primary N) is 2. The topological polar surface area (TPSA) is 472 Å². The molecule has 0 spiro atoms. The van der Waals surface area contributed by atoms with Crippen molar-refractivity contribution in [2.75, 3.05) is 192 Å². The number of aliphatic carboxylic acids is 1. The largest absolute Gasteiger partial charge is 0.480 e. The second kappa shape index (κ2) is 75.7. The number of carboxylic acids is 1. The van der Waals surface area contributed by atoms with Gasteiger partial charge in [0.1, 0.15) is 53.4 Å². The number of nitrogens with one attached hydrogen (secondary N) is 1. The molecule has 1 saturated heterocycles. The number of rotatable bonds is 29. The molecule has 2 aliphatic carbocycles. The molecule has 1 fully saturated rings. The number of aryl methyl sites for hydroxylation is 1. The second-order valence-electron chi connectivity index (χ2n) is 22.1. The van der Waals surface area contributed by atoms with Gasteiger partial charge in [0.05, 0.1) is 67.1 Å². The number of thiol groups is 1. The Balaban J connectivity index is -0.000000364. The van der Waals surface area contributed by atoms with E-state index < -0.39 is 20.1 Å². The van der Waals surface area contributed by atoms with Crippen LogP contribution >= 0.6 is 12.6 Å². The SMILES string of the molecule is C#CCOC.COCC(=O)O.COCC(C)=O.COCC1C(C)=C1[Si](C)(C)C.COCC1COC1.COCN.COCN1C(=O)C=CC1=O.COCN=[N+]=[N-].COCNC(=O)OCC1C=C1C.COCOCN.COCS.COCc1ccc(-c2nnc(C)nn2)cc1.COCc1ccc(-c2nncnn2)cc1. The molecule has 0 saturated carbocycles. The molecule has 6 N–H and O–H groups in total. The van der Waals surface area contributed by atoms with Crippen molar-refractivity contribution in [3.05, 3.63) is 117 Å². The number of carbonyl (C=O) groups excluding carboxylic acids is 4. The first-order chi connectivity index (χ1) is 51.7. The van der Waals surface area contributed by atoms with E-state index in [1.807, 2.05) is 55.5 Å². The second-order valence-corrected chi connectivity index (χ2v) is 27.4. The number of ether oxygens (including phenoxy) is 16. The molecule has 2 atom stereocenters. The molecule has 2 aromatic heterocycles. The van der Waals surface area contributed by atoms with Gasteiger partial charge < -0.3 is 92.4 Å².